The Morgan fingerprint density at radius 3 is 2.60 bits per heavy atom. The van der Waals surface area contributed by atoms with Gasteiger partial charge < -0.3 is 10.5 Å². The zero-order valence-corrected chi connectivity index (χ0v) is 8.69. The normalized spacial score (nSPS) is 11.9. The Balaban J connectivity index is 2.90. The molecule has 15 heavy (non-hydrogen) atoms. The molecular formula is C11H13NO3. The van der Waals surface area contributed by atoms with E-state index in [-0.39, 0.29) is 0 Å². The first-order valence-electron chi connectivity index (χ1n) is 4.50. The van der Waals surface area contributed by atoms with Crippen molar-refractivity contribution in [3.63, 3.8) is 0 Å². The highest BCUT2D eigenvalue weighted by atomic mass is 16.5. The van der Waals surface area contributed by atoms with Gasteiger partial charge in [-0.15, -0.1) is 0 Å². The van der Waals surface area contributed by atoms with Crippen LogP contribution in [-0.4, -0.2) is 24.9 Å². The highest BCUT2D eigenvalue weighted by Crippen LogP contribution is 2.06. The number of methoxy groups -OCH3 is 1. The van der Waals surface area contributed by atoms with E-state index in [1.165, 1.54) is 7.11 Å². The van der Waals surface area contributed by atoms with E-state index in [1.807, 2.05) is 13.0 Å². The molecule has 4 nitrogen and oxygen atoms in total. The van der Waals surface area contributed by atoms with Crippen LogP contribution in [-0.2, 0) is 9.53 Å². The van der Waals surface area contributed by atoms with Gasteiger partial charge in [-0.3, -0.25) is 4.79 Å². The van der Waals surface area contributed by atoms with Gasteiger partial charge in [-0.2, -0.15) is 0 Å². The number of nitrogens with two attached hydrogens (primary N) is 1. The summed E-state index contributed by atoms with van der Waals surface area (Å²) in [6.07, 6.45) is 0. The molecule has 0 unspecified atom stereocenters. The number of carbonyl (C=O) groups excluding carboxylic acids is 2. The number of Topliss-reactive ketones (excluding diaryl/α,β-unsaturated/α-hetero) is 1. The third-order valence-corrected chi connectivity index (χ3v) is 2.04. The summed E-state index contributed by atoms with van der Waals surface area (Å²) in [5, 5.41) is 0. The number of ether oxygens (including phenoxy) is 1. The Morgan fingerprint density at radius 2 is 2.07 bits per heavy atom. The summed E-state index contributed by atoms with van der Waals surface area (Å²) in [6.45, 7) is 1.86. The molecule has 0 heterocycles. The van der Waals surface area contributed by atoms with E-state index in [2.05, 4.69) is 4.74 Å². The lowest BCUT2D eigenvalue weighted by atomic mass is 10.0. The monoisotopic (exact) mass is 207 g/mol. The number of hydrogen-bond acceptors (Lipinski definition) is 4. The third kappa shape index (κ3) is 2.63. The summed E-state index contributed by atoms with van der Waals surface area (Å²) < 4.78 is 4.40. The zero-order valence-electron chi connectivity index (χ0n) is 8.69. The lowest BCUT2D eigenvalue weighted by Gasteiger charge is -2.08. The molecule has 4 heteroatoms. The van der Waals surface area contributed by atoms with Crippen LogP contribution in [0.15, 0.2) is 24.3 Å². The van der Waals surface area contributed by atoms with E-state index in [0.717, 1.165) is 5.56 Å². The molecule has 0 saturated carbocycles. The summed E-state index contributed by atoms with van der Waals surface area (Å²) in [4.78, 5) is 22.7. The molecule has 1 aromatic rings. The standard InChI is InChI=1S/C11H13NO3/c1-7-4-3-5-8(6-7)10(13)9(12)11(14)15-2/h3-6,9H,12H2,1-2H3/t9-/m0/s1. The van der Waals surface area contributed by atoms with Gasteiger partial charge in [0, 0.05) is 5.56 Å². The van der Waals surface area contributed by atoms with E-state index in [1.54, 1.807) is 18.2 Å². The van der Waals surface area contributed by atoms with Crippen molar-refractivity contribution < 1.29 is 14.3 Å². The maximum absolute atomic E-state index is 11.7. The van der Waals surface area contributed by atoms with Crippen LogP contribution < -0.4 is 5.73 Å². The van der Waals surface area contributed by atoms with Crippen LogP contribution in [0.2, 0.25) is 0 Å². The first-order chi connectivity index (χ1) is 7.06. The van der Waals surface area contributed by atoms with Gasteiger partial charge in [-0.25, -0.2) is 4.79 Å². The van der Waals surface area contributed by atoms with Crippen molar-refractivity contribution in [2.45, 2.75) is 13.0 Å². The van der Waals surface area contributed by atoms with Crippen LogP contribution in [0.1, 0.15) is 15.9 Å². The van der Waals surface area contributed by atoms with Crippen LogP contribution in [0.5, 0.6) is 0 Å². The first kappa shape index (κ1) is 11.4. The number of benzene rings is 1. The molecule has 80 valence electrons. The van der Waals surface area contributed by atoms with E-state index in [0.29, 0.717) is 5.56 Å². The van der Waals surface area contributed by atoms with Gasteiger partial charge in [-0.1, -0.05) is 23.8 Å². The minimum absolute atomic E-state index is 0.424. The van der Waals surface area contributed by atoms with E-state index < -0.39 is 17.8 Å². The van der Waals surface area contributed by atoms with Gasteiger partial charge in [0.05, 0.1) is 7.11 Å². The second-order valence-corrected chi connectivity index (χ2v) is 3.23. The fraction of sp³-hybridized carbons (Fsp3) is 0.273. The molecule has 0 aliphatic heterocycles. The van der Waals surface area contributed by atoms with Gasteiger partial charge in [-0.05, 0) is 13.0 Å². The summed E-state index contributed by atoms with van der Waals surface area (Å²) in [6, 6.07) is 5.67. The Kier molecular flexibility index (Phi) is 3.57. The molecule has 0 bridgehead atoms. The van der Waals surface area contributed by atoms with E-state index >= 15 is 0 Å². The quantitative estimate of drug-likeness (QED) is 0.449. The minimum atomic E-state index is -1.24. The molecule has 0 aromatic heterocycles. The van der Waals surface area contributed by atoms with Crippen LogP contribution >= 0.6 is 0 Å². The molecule has 0 radical (unpaired) electrons. The number of ketones is 1. The van der Waals surface area contributed by atoms with Gasteiger partial charge in [0.15, 0.2) is 11.8 Å². The predicted molar refractivity (Wildman–Crippen MR) is 55.5 cm³/mol. The van der Waals surface area contributed by atoms with Crippen molar-refractivity contribution >= 4 is 11.8 Å². The summed E-state index contributed by atoms with van der Waals surface area (Å²) >= 11 is 0. The molecule has 0 fully saturated rings. The molecule has 0 spiro atoms. The number of esters is 1. The van der Waals surface area contributed by atoms with Crippen molar-refractivity contribution in [1.82, 2.24) is 0 Å². The van der Waals surface area contributed by atoms with Crippen LogP contribution in [0.25, 0.3) is 0 Å². The van der Waals surface area contributed by atoms with Gasteiger partial charge >= 0.3 is 5.97 Å². The van der Waals surface area contributed by atoms with Crippen molar-refractivity contribution in [3.05, 3.63) is 35.4 Å². The largest absolute Gasteiger partial charge is 0.468 e. The molecule has 2 N–H and O–H groups in total. The van der Waals surface area contributed by atoms with Gasteiger partial charge in [0.1, 0.15) is 0 Å². The fourth-order valence-corrected chi connectivity index (χ4v) is 1.21. The van der Waals surface area contributed by atoms with Crippen LogP contribution in [0.4, 0.5) is 0 Å². The number of carbonyl (C=O) groups is 2. The maximum atomic E-state index is 11.7. The molecule has 1 aromatic carbocycles. The average Bonchev–Trinajstić information content (AvgIpc) is 2.26. The van der Waals surface area contributed by atoms with Crippen molar-refractivity contribution in [2.75, 3.05) is 7.11 Å². The van der Waals surface area contributed by atoms with E-state index in [4.69, 9.17) is 5.73 Å². The highest BCUT2D eigenvalue weighted by molar-refractivity contribution is 6.11. The second kappa shape index (κ2) is 4.70. The molecular weight excluding hydrogens is 194 g/mol. The maximum Gasteiger partial charge on any atom is 0.330 e. The molecule has 0 amide bonds. The molecule has 1 atom stereocenters. The number of aryl methyl sites for hydroxylation is 1. The Morgan fingerprint density at radius 1 is 1.40 bits per heavy atom. The third-order valence-electron chi connectivity index (χ3n) is 2.04. The average molecular weight is 207 g/mol. The summed E-state index contributed by atoms with van der Waals surface area (Å²) in [5.41, 5.74) is 6.80. The molecule has 0 aliphatic rings. The second-order valence-electron chi connectivity index (χ2n) is 3.23. The SMILES string of the molecule is COC(=O)[C@@H](N)C(=O)c1cccc(C)c1. The van der Waals surface area contributed by atoms with Gasteiger partial charge in [0.2, 0.25) is 0 Å². The van der Waals surface area contributed by atoms with Crippen molar-refractivity contribution in [2.24, 2.45) is 5.73 Å². The summed E-state index contributed by atoms with van der Waals surface area (Å²) in [5.74, 6) is -1.15. The lowest BCUT2D eigenvalue weighted by Crippen LogP contribution is -2.39. The van der Waals surface area contributed by atoms with Crippen LogP contribution in [0, 0.1) is 6.92 Å². The van der Waals surface area contributed by atoms with Crippen LogP contribution in [0.3, 0.4) is 0 Å². The lowest BCUT2D eigenvalue weighted by molar-refractivity contribution is -0.140. The zero-order chi connectivity index (χ0) is 11.4. The Labute approximate surface area is 88.0 Å². The molecule has 0 saturated heterocycles. The smallest absolute Gasteiger partial charge is 0.330 e. The number of rotatable bonds is 3. The summed E-state index contributed by atoms with van der Waals surface area (Å²) in [7, 11) is 1.20. The fourth-order valence-electron chi connectivity index (χ4n) is 1.21. The van der Waals surface area contributed by atoms with Crippen molar-refractivity contribution in [3.8, 4) is 0 Å². The van der Waals surface area contributed by atoms with Crippen molar-refractivity contribution in [1.29, 1.82) is 0 Å². The Hall–Kier alpha value is -1.68. The number of hydrogen-bond donors (Lipinski definition) is 1. The Bertz CT molecular complexity index is 387. The van der Waals surface area contributed by atoms with Gasteiger partial charge in [0.25, 0.3) is 0 Å². The molecule has 1 rings (SSSR count). The highest BCUT2D eigenvalue weighted by Gasteiger charge is 2.23. The van der Waals surface area contributed by atoms with E-state index in [9.17, 15) is 9.59 Å². The molecule has 0 aliphatic carbocycles. The first-order valence-corrected chi connectivity index (χ1v) is 4.50. The predicted octanol–water partition coefficient (Wildman–Crippen LogP) is 0.678. The minimum Gasteiger partial charge on any atom is -0.468 e. The topological polar surface area (TPSA) is 69.4 Å².